The highest BCUT2D eigenvalue weighted by molar-refractivity contribution is 6.30. The maximum absolute atomic E-state index is 11.7. The summed E-state index contributed by atoms with van der Waals surface area (Å²) >= 11 is 6.04. The van der Waals surface area contributed by atoms with Gasteiger partial charge in [0.2, 0.25) is 0 Å². The van der Waals surface area contributed by atoms with E-state index in [1.165, 1.54) is 7.11 Å². The molecule has 0 amide bonds. The summed E-state index contributed by atoms with van der Waals surface area (Å²) in [4.78, 5) is 11.7. The van der Waals surface area contributed by atoms with Crippen LogP contribution in [-0.2, 0) is 22.5 Å². The minimum Gasteiger partial charge on any atom is -0.469 e. The monoisotopic (exact) mass is 305 g/mol. The Kier molecular flexibility index (Phi) is 3.92. The number of hydrogen-bond donors (Lipinski definition) is 0. The molecule has 0 saturated carbocycles. The van der Waals surface area contributed by atoms with Gasteiger partial charge in [0.25, 0.3) is 0 Å². The van der Waals surface area contributed by atoms with Crippen molar-refractivity contribution in [2.45, 2.75) is 25.8 Å². The summed E-state index contributed by atoms with van der Waals surface area (Å²) in [5.41, 5.74) is 0.942. The first-order chi connectivity index (χ1) is 10.2. The average Bonchev–Trinajstić information content (AvgIpc) is 2.78. The van der Waals surface area contributed by atoms with E-state index < -0.39 is 0 Å². The van der Waals surface area contributed by atoms with Crippen LogP contribution in [-0.4, -0.2) is 27.8 Å². The van der Waals surface area contributed by atoms with Crippen molar-refractivity contribution in [3.63, 3.8) is 0 Å². The van der Waals surface area contributed by atoms with Gasteiger partial charge in [-0.15, -0.1) is 10.2 Å². The number of carbonyl (C=O) groups is 1. The molecule has 3 rings (SSSR count). The molecule has 1 aromatic carbocycles. The molecule has 0 bridgehead atoms. The number of ether oxygens (including phenoxy) is 1. The lowest BCUT2D eigenvalue weighted by Gasteiger charge is -2.11. The van der Waals surface area contributed by atoms with E-state index in [2.05, 4.69) is 14.8 Å². The number of fused-ring (bicyclic) bond motifs is 1. The van der Waals surface area contributed by atoms with Crippen molar-refractivity contribution in [1.29, 1.82) is 0 Å². The molecule has 0 fully saturated rings. The molecule has 0 aliphatic carbocycles. The molecule has 2 aromatic rings. The molecule has 2 heterocycles. The number of rotatable bonds is 2. The fraction of sp³-hybridized carbons (Fsp3) is 0.400. The normalized spacial score (nSPS) is 17.9. The summed E-state index contributed by atoms with van der Waals surface area (Å²) in [7, 11) is 1.44. The highest BCUT2D eigenvalue weighted by atomic mass is 35.5. The first-order valence-corrected chi connectivity index (χ1v) is 7.32. The summed E-state index contributed by atoms with van der Waals surface area (Å²) < 4.78 is 6.93. The van der Waals surface area contributed by atoms with Gasteiger partial charge in [0.1, 0.15) is 5.82 Å². The van der Waals surface area contributed by atoms with E-state index in [0.717, 1.165) is 36.5 Å². The summed E-state index contributed by atoms with van der Waals surface area (Å²) in [6, 6.07) is 7.57. The number of aryl methyl sites for hydroxylation is 1. The smallest absolute Gasteiger partial charge is 0.308 e. The zero-order chi connectivity index (χ0) is 14.8. The maximum atomic E-state index is 11.7. The Morgan fingerprint density at radius 2 is 2.24 bits per heavy atom. The summed E-state index contributed by atoms with van der Waals surface area (Å²) in [6.07, 6.45) is 2.22. The van der Waals surface area contributed by atoms with E-state index >= 15 is 0 Å². The van der Waals surface area contributed by atoms with Crippen LogP contribution >= 0.6 is 11.6 Å². The number of benzene rings is 1. The molecular formula is C15H16ClN3O2. The first kappa shape index (κ1) is 14.1. The van der Waals surface area contributed by atoms with Gasteiger partial charge in [-0.05, 0) is 25.0 Å². The average molecular weight is 306 g/mol. The molecular weight excluding hydrogens is 290 g/mol. The van der Waals surface area contributed by atoms with Gasteiger partial charge in [0.05, 0.1) is 13.0 Å². The van der Waals surface area contributed by atoms with Gasteiger partial charge in [-0.3, -0.25) is 4.79 Å². The van der Waals surface area contributed by atoms with Crippen molar-refractivity contribution in [3.05, 3.63) is 35.1 Å². The Morgan fingerprint density at radius 1 is 1.38 bits per heavy atom. The molecule has 1 aromatic heterocycles. The number of aromatic nitrogens is 3. The molecule has 1 atom stereocenters. The zero-order valence-electron chi connectivity index (χ0n) is 11.8. The number of esters is 1. The second-order valence-electron chi connectivity index (χ2n) is 5.15. The first-order valence-electron chi connectivity index (χ1n) is 6.95. The van der Waals surface area contributed by atoms with Gasteiger partial charge < -0.3 is 9.30 Å². The van der Waals surface area contributed by atoms with Crippen LogP contribution in [0.25, 0.3) is 11.4 Å². The predicted molar refractivity (Wildman–Crippen MR) is 78.9 cm³/mol. The van der Waals surface area contributed by atoms with Crippen molar-refractivity contribution in [2.24, 2.45) is 5.92 Å². The van der Waals surface area contributed by atoms with E-state index in [4.69, 9.17) is 16.3 Å². The standard InChI is InChI=1S/C15H16ClN3O2/c1-21-15(20)10-5-6-13-17-18-14(19(13)8-7-10)11-3-2-4-12(16)9-11/h2-4,9-10H,5-8H2,1H3. The van der Waals surface area contributed by atoms with E-state index in [0.29, 0.717) is 11.6 Å². The molecule has 0 radical (unpaired) electrons. The Balaban J connectivity index is 1.89. The molecule has 0 N–H and O–H groups in total. The molecule has 5 nitrogen and oxygen atoms in total. The Labute approximate surface area is 127 Å². The maximum Gasteiger partial charge on any atom is 0.308 e. The van der Waals surface area contributed by atoms with Crippen LogP contribution in [0.3, 0.4) is 0 Å². The van der Waals surface area contributed by atoms with Crippen LogP contribution < -0.4 is 0 Å². The van der Waals surface area contributed by atoms with Crippen LogP contribution in [0, 0.1) is 5.92 Å². The molecule has 21 heavy (non-hydrogen) atoms. The highest BCUT2D eigenvalue weighted by Gasteiger charge is 2.25. The number of carbonyl (C=O) groups excluding carboxylic acids is 1. The minimum atomic E-state index is -0.141. The van der Waals surface area contributed by atoms with E-state index in [1.807, 2.05) is 24.3 Å². The number of methoxy groups -OCH3 is 1. The Bertz CT molecular complexity index is 669. The topological polar surface area (TPSA) is 57.0 Å². The van der Waals surface area contributed by atoms with Crippen LogP contribution in [0.15, 0.2) is 24.3 Å². The van der Waals surface area contributed by atoms with E-state index in [-0.39, 0.29) is 11.9 Å². The third-order valence-electron chi connectivity index (χ3n) is 3.86. The van der Waals surface area contributed by atoms with E-state index in [1.54, 1.807) is 0 Å². The van der Waals surface area contributed by atoms with Gasteiger partial charge >= 0.3 is 5.97 Å². The second-order valence-corrected chi connectivity index (χ2v) is 5.59. The van der Waals surface area contributed by atoms with Gasteiger partial charge in [0.15, 0.2) is 5.82 Å². The fourth-order valence-electron chi connectivity index (χ4n) is 2.73. The second kappa shape index (κ2) is 5.85. The third kappa shape index (κ3) is 2.78. The lowest BCUT2D eigenvalue weighted by molar-refractivity contribution is -0.145. The minimum absolute atomic E-state index is 0.0658. The lowest BCUT2D eigenvalue weighted by atomic mass is 10.0. The summed E-state index contributed by atoms with van der Waals surface area (Å²) in [5, 5.41) is 9.21. The largest absolute Gasteiger partial charge is 0.469 e. The molecule has 6 heteroatoms. The Morgan fingerprint density at radius 3 is 3.00 bits per heavy atom. The lowest BCUT2D eigenvalue weighted by Crippen LogP contribution is -2.16. The number of halogens is 1. The zero-order valence-corrected chi connectivity index (χ0v) is 12.5. The fourth-order valence-corrected chi connectivity index (χ4v) is 2.92. The molecule has 1 aliphatic rings. The van der Waals surface area contributed by atoms with Crippen molar-refractivity contribution < 1.29 is 9.53 Å². The van der Waals surface area contributed by atoms with Crippen molar-refractivity contribution in [2.75, 3.05) is 7.11 Å². The predicted octanol–water partition coefficient (Wildman–Crippen LogP) is 2.72. The van der Waals surface area contributed by atoms with Crippen LogP contribution in [0.2, 0.25) is 5.02 Å². The van der Waals surface area contributed by atoms with Gasteiger partial charge in [0, 0.05) is 23.6 Å². The van der Waals surface area contributed by atoms with Crippen molar-refractivity contribution >= 4 is 17.6 Å². The third-order valence-corrected chi connectivity index (χ3v) is 4.10. The number of hydrogen-bond acceptors (Lipinski definition) is 4. The van der Waals surface area contributed by atoms with E-state index in [9.17, 15) is 4.79 Å². The molecule has 1 aliphatic heterocycles. The summed E-state index contributed by atoms with van der Waals surface area (Å²) in [5.74, 6) is 1.51. The van der Waals surface area contributed by atoms with Crippen LogP contribution in [0.1, 0.15) is 18.7 Å². The molecule has 0 saturated heterocycles. The highest BCUT2D eigenvalue weighted by Crippen LogP contribution is 2.26. The van der Waals surface area contributed by atoms with Crippen molar-refractivity contribution in [3.8, 4) is 11.4 Å². The SMILES string of the molecule is COC(=O)C1CCc2nnc(-c3cccc(Cl)c3)n2CC1. The van der Waals surface area contributed by atoms with Crippen LogP contribution in [0.4, 0.5) is 0 Å². The molecule has 0 spiro atoms. The molecule has 1 unspecified atom stereocenters. The van der Waals surface area contributed by atoms with Gasteiger partial charge in [-0.1, -0.05) is 23.7 Å². The van der Waals surface area contributed by atoms with Crippen molar-refractivity contribution in [1.82, 2.24) is 14.8 Å². The quantitative estimate of drug-likeness (QED) is 0.801. The van der Waals surface area contributed by atoms with Crippen LogP contribution in [0.5, 0.6) is 0 Å². The summed E-state index contributed by atoms with van der Waals surface area (Å²) in [6.45, 7) is 0.712. The van der Waals surface area contributed by atoms with Gasteiger partial charge in [-0.2, -0.15) is 0 Å². The number of nitrogens with zero attached hydrogens (tertiary/aromatic N) is 3. The molecule has 110 valence electrons. The van der Waals surface area contributed by atoms with Gasteiger partial charge in [-0.25, -0.2) is 0 Å². The Hall–Kier alpha value is -1.88.